The smallest absolute Gasteiger partial charge is 0.0894 e. The topological polar surface area (TPSA) is 103 Å². The first-order chi connectivity index (χ1) is 7.31. The lowest BCUT2D eigenvalue weighted by Crippen LogP contribution is -2.36. The highest BCUT2D eigenvalue weighted by Gasteiger charge is 1.98. The number of hydrogen-bond donors (Lipinski definition) is 6. The van der Waals surface area contributed by atoms with Gasteiger partial charge in [0.15, 0.2) is 0 Å². The molecule has 1 unspecified atom stereocenters. The van der Waals surface area contributed by atoms with Gasteiger partial charge >= 0.3 is 0 Å². The van der Waals surface area contributed by atoms with E-state index in [-0.39, 0.29) is 6.61 Å². The van der Waals surface area contributed by atoms with Gasteiger partial charge in [-0.25, -0.2) is 0 Å². The van der Waals surface area contributed by atoms with E-state index < -0.39 is 6.10 Å². The lowest BCUT2D eigenvalue weighted by molar-refractivity contribution is 0.0947. The molecule has 0 aromatic carbocycles. The summed E-state index contributed by atoms with van der Waals surface area (Å²) in [4.78, 5) is 0. The van der Waals surface area contributed by atoms with E-state index in [4.69, 9.17) is 15.9 Å². The molecular weight excluding hydrogens is 196 g/mol. The molecule has 1 atom stereocenters. The molecule has 0 spiro atoms. The van der Waals surface area contributed by atoms with Crippen LogP contribution < -0.4 is 21.7 Å². The van der Waals surface area contributed by atoms with Gasteiger partial charge in [-0.3, -0.25) is 0 Å². The van der Waals surface area contributed by atoms with Crippen LogP contribution in [0.2, 0.25) is 0 Å². The van der Waals surface area contributed by atoms with Crippen molar-refractivity contribution in [1.29, 1.82) is 0 Å². The normalized spacial score (nSPS) is 13.0. The van der Waals surface area contributed by atoms with Crippen molar-refractivity contribution < 1.29 is 10.2 Å². The molecular formula is C9H24N4O2. The van der Waals surface area contributed by atoms with Crippen LogP contribution in [0.4, 0.5) is 0 Å². The Morgan fingerprint density at radius 3 is 2.00 bits per heavy atom. The summed E-state index contributed by atoms with van der Waals surface area (Å²) in [5.74, 6) is 0. The molecule has 7 N–H and O–H groups in total. The molecule has 0 aliphatic carbocycles. The van der Waals surface area contributed by atoms with Crippen molar-refractivity contribution in [3.8, 4) is 0 Å². The molecule has 92 valence electrons. The van der Waals surface area contributed by atoms with Gasteiger partial charge in [-0.05, 0) is 0 Å². The molecule has 0 saturated carbocycles. The van der Waals surface area contributed by atoms with E-state index in [0.717, 1.165) is 32.7 Å². The molecule has 0 saturated heterocycles. The first kappa shape index (κ1) is 14.8. The lowest BCUT2D eigenvalue weighted by atomic mass is 10.4. The van der Waals surface area contributed by atoms with Crippen molar-refractivity contribution in [1.82, 2.24) is 16.0 Å². The molecule has 0 aromatic rings. The SMILES string of the molecule is NCCNCCNCCNCC(O)CO. The highest BCUT2D eigenvalue weighted by atomic mass is 16.3. The van der Waals surface area contributed by atoms with E-state index in [0.29, 0.717) is 13.1 Å². The number of aliphatic hydroxyl groups excluding tert-OH is 2. The summed E-state index contributed by atoms with van der Waals surface area (Å²) in [6, 6.07) is 0. The van der Waals surface area contributed by atoms with Crippen LogP contribution in [0.15, 0.2) is 0 Å². The fourth-order valence-electron chi connectivity index (χ4n) is 1.04. The Labute approximate surface area is 91.2 Å². The van der Waals surface area contributed by atoms with E-state index in [1.807, 2.05) is 0 Å². The molecule has 0 aliphatic rings. The molecule has 0 heterocycles. The third kappa shape index (κ3) is 11.7. The molecule has 0 amide bonds. The van der Waals surface area contributed by atoms with Gasteiger partial charge in [0.2, 0.25) is 0 Å². The average Bonchev–Trinajstić information content (AvgIpc) is 2.26. The van der Waals surface area contributed by atoms with Gasteiger partial charge in [-0.15, -0.1) is 0 Å². The standard InChI is InChI=1S/C9H24N4O2/c10-1-2-11-3-4-12-5-6-13-7-9(15)8-14/h9,11-15H,1-8,10H2. The molecule has 0 radical (unpaired) electrons. The minimum atomic E-state index is -0.656. The number of nitrogens with one attached hydrogen (secondary N) is 3. The second kappa shape index (κ2) is 11.8. The number of nitrogens with two attached hydrogens (primary N) is 1. The quantitative estimate of drug-likeness (QED) is 0.208. The molecule has 6 heteroatoms. The molecule has 15 heavy (non-hydrogen) atoms. The Kier molecular flexibility index (Phi) is 11.6. The van der Waals surface area contributed by atoms with Crippen LogP contribution in [0, 0.1) is 0 Å². The van der Waals surface area contributed by atoms with Gasteiger partial charge in [0.05, 0.1) is 12.7 Å². The monoisotopic (exact) mass is 220 g/mol. The zero-order valence-electron chi connectivity index (χ0n) is 9.21. The maximum atomic E-state index is 9.00. The number of rotatable bonds is 11. The van der Waals surface area contributed by atoms with Crippen molar-refractivity contribution in [2.75, 3.05) is 52.4 Å². The second-order valence-corrected chi connectivity index (χ2v) is 3.33. The van der Waals surface area contributed by atoms with Crippen molar-refractivity contribution in [3.05, 3.63) is 0 Å². The number of hydrogen-bond acceptors (Lipinski definition) is 6. The summed E-state index contributed by atoms with van der Waals surface area (Å²) in [5.41, 5.74) is 5.31. The third-order valence-corrected chi connectivity index (χ3v) is 1.87. The zero-order valence-corrected chi connectivity index (χ0v) is 9.21. The van der Waals surface area contributed by atoms with E-state index in [2.05, 4.69) is 16.0 Å². The summed E-state index contributed by atoms with van der Waals surface area (Å²) >= 11 is 0. The summed E-state index contributed by atoms with van der Waals surface area (Å²) in [6.07, 6.45) is -0.656. The molecule has 0 rings (SSSR count). The predicted molar refractivity (Wildman–Crippen MR) is 60.8 cm³/mol. The zero-order chi connectivity index (χ0) is 11.4. The summed E-state index contributed by atoms with van der Waals surface area (Å²) in [6.45, 7) is 5.22. The van der Waals surface area contributed by atoms with Gasteiger partial charge in [0.1, 0.15) is 0 Å². The molecule has 0 bridgehead atoms. The Hall–Kier alpha value is -0.240. The van der Waals surface area contributed by atoms with Crippen molar-refractivity contribution >= 4 is 0 Å². The highest BCUT2D eigenvalue weighted by molar-refractivity contribution is 4.59. The van der Waals surface area contributed by atoms with Crippen LogP contribution in [0.1, 0.15) is 0 Å². The van der Waals surface area contributed by atoms with Crippen LogP contribution in [-0.4, -0.2) is 68.7 Å². The van der Waals surface area contributed by atoms with Crippen molar-refractivity contribution in [2.45, 2.75) is 6.10 Å². The Morgan fingerprint density at radius 2 is 1.47 bits per heavy atom. The molecule has 0 aromatic heterocycles. The molecule has 0 aliphatic heterocycles. The summed E-state index contributed by atoms with van der Waals surface area (Å²) in [5, 5.41) is 27.0. The first-order valence-corrected chi connectivity index (χ1v) is 5.42. The van der Waals surface area contributed by atoms with Gasteiger partial charge in [-0.1, -0.05) is 0 Å². The lowest BCUT2D eigenvalue weighted by Gasteiger charge is -2.09. The van der Waals surface area contributed by atoms with Crippen molar-refractivity contribution in [3.63, 3.8) is 0 Å². The van der Waals surface area contributed by atoms with Gasteiger partial charge < -0.3 is 31.9 Å². The first-order valence-electron chi connectivity index (χ1n) is 5.42. The van der Waals surface area contributed by atoms with Crippen LogP contribution in [0.3, 0.4) is 0 Å². The Bertz CT molecular complexity index is 127. The second-order valence-electron chi connectivity index (χ2n) is 3.33. The van der Waals surface area contributed by atoms with Crippen LogP contribution >= 0.6 is 0 Å². The maximum Gasteiger partial charge on any atom is 0.0894 e. The van der Waals surface area contributed by atoms with Crippen molar-refractivity contribution in [2.24, 2.45) is 5.73 Å². The third-order valence-electron chi connectivity index (χ3n) is 1.87. The van der Waals surface area contributed by atoms with Gasteiger partial charge in [0.25, 0.3) is 0 Å². The number of aliphatic hydroxyl groups is 2. The summed E-state index contributed by atoms with van der Waals surface area (Å²) in [7, 11) is 0. The van der Waals surface area contributed by atoms with Gasteiger partial charge in [0, 0.05) is 45.8 Å². The van der Waals surface area contributed by atoms with Crippen LogP contribution in [0.5, 0.6) is 0 Å². The van der Waals surface area contributed by atoms with Gasteiger partial charge in [-0.2, -0.15) is 0 Å². The van der Waals surface area contributed by atoms with E-state index >= 15 is 0 Å². The Balaban J connectivity index is 2.92. The average molecular weight is 220 g/mol. The van der Waals surface area contributed by atoms with E-state index in [1.165, 1.54) is 0 Å². The van der Waals surface area contributed by atoms with E-state index in [1.54, 1.807) is 0 Å². The van der Waals surface area contributed by atoms with E-state index in [9.17, 15) is 0 Å². The van der Waals surface area contributed by atoms with Crippen LogP contribution in [0.25, 0.3) is 0 Å². The maximum absolute atomic E-state index is 9.00. The summed E-state index contributed by atoms with van der Waals surface area (Å²) < 4.78 is 0. The minimum Gasteiger partial charge on any atom is -0.394 e. The highest BCUT2D eigenvalue weighted by Crippen LogP contribution is 1.74. The predicted octanol–water partition coefficient (Wildman–Crippen LogP) is -2.93. The Morgan fingerprint density at radius 1 is 0.933 bits per heavy atom. The minimum absolute atomic E-state index is 0.191. The largest absolute Gasteiger partial charge is 0.394 e. The fourth-order valence-corrected chi connectivity index (χ4v) is 1.04. The fraction of sp³-hybridized carbons (Fsp3) is 1.00. The molecule has 0 fully saturated rings. The van der Waals surface area contributed by atoms with Crippen LogP contribution in [-0.2, 0) is 0 Å². The molecule has 6 nitrogen and oxygen atoms in total.